The molecule has 0 fully saturated rings. The lowest BCUT2D eigenvalue weighted by atomic mass is 10.1. The summed E-state index contributed by atoms with van der Waals surface area (Å²) in [6, 6.07) is 7.82. The molecule has 3 nitrogen and oxygen atoms in total. The van der Waals surface area contributed by atoms with Crippen molar-refractivity contribution in [3.05, 3.63) is 34.3 Å². The van der Waals surface area contributed by atoms with E-state index in [2.05, 4.69) is 15.9 Å². The number of hydrogen-bond donors (Lipinski definition) is 1. The summed E-state index contributed by atoms with van der Waals surface area (Å²) in [7, 11) is 1.57. The maximum atomic E-state index is 10.5. The Morgan fingerprint density at radius 3 is 2.71 bits per heavy atom. The highest BCUT2D eigenvalue weighted by Gasteiger charge is 2.05. The molecule has 1 N–H and O–H groups in total. The van der Waals surface area contributed by atoms with E-state index in [1.165, 1.54) is 4.90 Å². The van der Waals surface area contributed by atoms with Crippen LogP contribution in [0.2, 0.25) is 0 Å². The fourth-order valence-electron chi connectivity index (χ4n) is 1.08. The van der Waals surface area contributed by atoms with Crippen LogP contribution in [-0.2, 0) is 6.42 Å². The first-order chi connectivity index (χ1) is 6.61. The quantitative estimate of drug-likeness (QED) is 0.905. The number of amides is 1. The number of benzene rings is 1. The van der Waals surface area contributed by atoms with Crippen LogP contribution < -0.4 is 0 Å². The van der Waals surface area contributed by atoms with Crippen molar-refractivity contribution in [1.29, 1.82) is 0 Å². The van der Waals surface area contributed by atoms with E-state index in [-0.39, 0.29) is 0 Å². The van der Waals surface area contributed by atoms with Crippen LogP contribution >= 0.6 is 15.9 Å². The highest BCUT2D eigenvalue weighted by Crippen LogP contribution is 2.16. The number of nitrogens with zero attached hydrogens (tertiary/aromatic N) is 1. The van der Waals surface area contributed by atoms with Gasteiger partial charge in [0.15, 0.2) is 0 Å². The Kier molecular flexibility index (Phi) is 3.95. The molecule has 0 saturated carbocycles. The lowest BCUT2D eigenvalue weighted by Crippen LogP contribution is -2.26. The van der Waals surface area contributed by atoms with Crippen molar-refractivity contribution in [3.63, 3.8) is 0 Å². The van der Waals surface area contributed by atoms with Gasteiger partial charge in [-0.15, -0.1) is 0 Å². The maximum Gasteiger partial charge on any atom is 0.407 e. The summed E-state index contributed by atoms with van der Waals surface area (Å²) in [4.78, 5) is 11.8. The van der Waals surface area contributed by atoms with Crippen LogP contribution in [-0.4, -0.2) is 29.7 Å². The van der Waals surface area contributed by atoms with Crippen LogP contribution in [0.1, 0.15) is 5.56 Å². The van der Waals surface area contributed by atoms with Crippen molar-refractivity contribution < 1.29 is 9.90 Å². The molecule has 0 aromatic heterocycles. The lowest BCUT2D eigenvalue weighted by Gasteiger charge is -2.12. The number of carbonyl (C=O) groups is 1. The zero-order chi connectivity index (χ0) is 10.6. The summed E-state index contributed by atoms with van der Waals surface area (Å²) in [6.07, 6.45) is -0.165. The minimum Gasteiger partial charge on any atom is -0.465 e. The monoisotopic (exact) mass is 257 g/mol. The fourth-order valence-corrected chi connectivity index (χ4v) is 1.57. The predicted molar refractivity (Wildman–Crippen MR) is 58.5 cm³/mol. The van der Waals surface area contributed by atoms with Crippen molar-refractivity contribution in [2.24, 2.45) is 0 Å². The molecule has 0 atom stereocenters. The summed E-state index contributed by atoms with van der Waals surface area (Å²) in [5.41, 5.74) is 1.13. The predicted octanol–water partition coefficient (Wildman–Crippen LogP) is 2.60. The van der Waals surface area contributed by atoms with Gasteiger partial charge < -0.3 is 10.0 Å². The van der Waals surface area contributed by atoms with E-state index in [4.69, 9.17) is 5.11 Å². The summed E-state index contributed by atoms with van der Waals surface area (Å²) >= 11 is 3.42. The number of carboxylic acid groups (broad SMARTS) is 1. The first kappa shape index (κ1) is 11.0. The Labute approximate surface area is 91.5 Å². The molecule has 0 radical (unpaired) electrons. The van der Waals surface area contributed by atoms with Crippen molar-refractivity contribution in [2.75, 3.05) is 13.6 Å². The number of rotatable bonds is 3. The first-order valence-corrected chi connectivity index (χ1v) is 5.08. The Bertz CT molecular complexity index is 328. The Morgan fingerprint density at radius 2 is 2.14 bits per heavy atom. The Balaban J connectivity index is 2.54. The molecule has 1 rings (SSSR count). The van der Waals surface area contributed by atoms with Gasteiger partial charge in [0.25, 0.3) is 0 Å². The van der Waals surface area contributed by atoms with Crippen LogP contribution in [0.25, 0.3) is 0 Å². The molecular weight excluding hydrogens is 246 g/mol. The second-order valence-electron chi connectivity index (χ2n) is 3.05. The Morgan fingerprint density at radius 1 is 1.50 bits per heavy atom. The maximum absolute atomic E-state index is 10.5. The number of halogens is 1. The third kappa shape index (κ3) is 3.03. The molecule has 14 heavy (non-hydrogen) atoms. The van der Waals surface area contributed by atoms with Gasteiger partial charge in [0, 0.05) is 18.1 Å². The molecule has 0 unspecified atom stereocenters. The molecule has 1 aromatic rings. The standard InChI is InChI=1S/C10H12BrNO2/c1-12(10(13)14)7-6-8-4-2-3-5-9(8)11/h2-5H,6-7H2,1H3,(H,13,14). The van der Waals surface area contributed by atoms with Crippen molar-refractivity contribution in [2.45, 2.75) is 6.42 Å². The lowest BCUT2D eigenvalue weighted by molar-refractivity contribution is 0.156. The minimum atomic E-state index is -0.892. The van der Waals surface area contributed by atoms with Gasteiger partial charge in [-0.1, -0.05) is 34.1 Å². The molecule has 1 aromatic carbocycles. The average molecular weight is 258 g/mol. The topological polar surface area (TPSA) is 40.5 Å². The smallest absolute Gasteiger partial charge is 0.407 e. The van der Waals surface area contributed by atoms with Gasteiger partial charge in [-0.25, -0.2) is 4.79 Å². The second-order valence-corrected chi connectivity index (χ2v) is 3.90. The molecular formula is C10H12BrNO2. The molecule has 0 heterocycles. The molecule has 0 aliphatic heterocycles. The van der Waals surface area contributed by atoms with Crippen LogP contribution in [0.15, 0.2) is 28.7 Å². The van der Waals surface area contributed by atoms with E-state index >= 15 is 0 Å². The summed E-state index contributed by atoms with van der Waals surface area (Å²) in [5.74, 6) is 0. The van der Waals surface area contributed by atoms with E-state index in [1.54, 1.807) is 7.05 Å². The fraction of sp³-hybridized carbons (Fsp3) is 0.300. The SMILES string of the molecule is CN(CCc1ccccc1Br)C(=O)O. The van der Waals surface area contributed by atoms with Crippen molar-refractivity contribution >= 4 is 22.0 Å². The third-order valence-corrected chi connectivity index (χ3v) is 2.77. The molecule has 4 heteroatoms. The molecule has 0 saturated heterocycles. The van der Waals surface area contributed by atoms with Gasteiger partial charge in [0.2, 0.25) is 0 Å². The van der Waals surface area contributed by atoms with Crippen molar-refractivity contribution in [1.82, 2.24) is 4.90 Å². The highest BCUT2D eigenvalue weighted by molar-refractivity contribution is 9.10. The van der Waals surface area contributed by atoms with Crippen LogP contribution in [0, 0.1) is 0 Å². The largest absolute Gasteiger partial charge is 0.465 e. The zero-order valence-corrected chi connectivity index (χ0v) is 9.49. The van der Waals surface area contributed by atoms with E-state index in [9.17, 15) is 4.79 Å². The van der Waals surface area contributed by atoms with Gasteiger partial charge in [0.1, 0.15) is 0 Å². The number of likely N-dealkylation sites (N-methyl/N-ethyl adjacent to an activating group) is 1. The molecule has 0 aliphatic carbocycles. The average Bonchev–Trinajstić information content (AvgIpc) is 2.16. The van der Waals surface area contributed by atoms with Gasteiger partial charge in [-0.05, 0) is 18.1 Å². The molecule has 0 bridgehead atoms. The molecule has 0 aliphatic rings. The van der Waals surface area contributed by atoms with E-state index < -0.39 is 6.09 Å². The van der Waals surface area contributed by atoms with E-state index in [0.29, 0.717) is 6.54 Å². The number of hydrogen-bond acceptors (Lipinski definition) is 1. The second kappa shape index (κ2) is 5.00. The van der Waals surface area contributed by atoms with E-state index in [0.717, 1.165) is 16.5 Å². The van der Waals surface area contributed by atoms with Gasteiger partial charge in [-0.2, -0.15) is 0 Å². The minimum absolute atomic E-state index is 0.512. The molecule has 0 spiro atoms. The van der Waals surface area contributed by atoms with Crippen LogP contribution in [0.5, 0.6) is 0 Å². The summed E-state index contributed by atoms with van der Waals surface area (Å²) in [5, 5.41) is 8.64. The van der Waals surface area contributed by atoms with Gasteiger partial charge >= 0.3 is 6.09 Å². The van der Waals surface area contributed by atoms with Gasteiger partial charge in [-0.3, -0.25) is 0 Å². The van der Waals surface area contributed by atoms with E-state index in [1.807, 2.05) is 24.3 Å². The van der Waals surface area contributed by atoms with Crippen LogP contribution in [0.3, 0.4) is 0 Å². The summed E-state index contributed by atoms with van der Waals surface area (Å²) in [6.45, 7) is 0.512. The molecule has 1 amide bonds. The van der Waals surface area contributed by atoms with Crippen LogP contribution in [0.4, 0.5) is 4.79 Å². The first-order valence-electron chi connectivity index (χ1n) is 4.28. The zero-order valence-electron chi connectivity index (χ0n) is 7.90. The van der Waals surface area contributed by atoms with Gasteiger partial charge in [0.05, 0.1) is 0 Å². The summed E-state index contributed by atoms with van der Waals surface area (Å²) < 4.78 is 1.03. The Hall–Kier alpha value is -1.03. The van der Waals surface area contributed by atoms with Crippen molar-refractivity contribution in [3.8, 4) is 0 Å². The third-order valence-electron chi connectivity index (χ3n) is 2.00. The normalized spacial score (nSPS) is 9.86. The molecule has 76 valence electrons. The highest BCUT2D eigenvalue weighted by atomic mass is 79.9.